The molecule has 4 rings (SSSR count). The number of nitriles is 1. The van der Waals surface area contributed by atoms with Crippen LogP contribution in [0.15, 0.2) is 29.1 Å². The lowest BCUT2D eigenvalue weighted by Gasteiger charge is -2.36. The molecule has 0 unspecified atom stereocenters. The fourth-order valence-electron chi connectivity index (χ4n) is 3.91. The molecular formula is C21H23N7O2. The van der Waals surface area contributed by atoms with Crippen LogP contribution in [0.5, 0.6) is 0 Å². The molecule has 0 N–H and O–H groups in total. The van der Waals surface area contributed by atoms with E-state index in [1.165, 1.54) is 0 Å². The van der Waals surface area contributed by atoms with E-state index >= 15 is 0 Å². The third-order valence-electron chi connectivity index (χ3n) is 5.52. The molecule has 0 saturated carbocycles. The van der Waals surface area contributed by atoms with Gasteiger partial charge in [0.15, 0.2) is 5.52 Å². The van der Waals surface area contributed by atoms with Gasteiger partial charge in [0.1, 0.15) is 5.52 Å². The fraction of sp³-hybridized carbons (Fsp3) is 0.381. The number of carbonyl (C=O) groups excluding carboxylic acids is 1. The van der Waals surface area contributed by atoms with E-state index in [1.807, 2.05) is 13.8 Å². The van der Waals surface area contributed by atoms with E-state index < -0.39 is 0 Å². The molecule has 0 atom stereocenters. The molecule has 3 heterocycles. The lowest BCUT2D eigenvalue weighted by Crippen LogP contribution is -2.50. The van der Waals surface area contributed by atoms with E-state index in [-0.39, 0.29) is 11.5 Å². The number of hydrogen-bond acceptors (Lipinski definition) is 6. The molecule has 3 aromatic rings. The first kappa shape index (κ1) is 19.6. The summed E-state index contributed by atoms with van der Waals surface area (Å²) >= 11 is 0. The number of aryl methyl sites for hydroxylation is 2. The molecule has 30 heavy (non-hydrogen) atoms. The molecule has 9 nitrogen and oxygen atoms in total. The maximum Gasteiger partial charge on any atom is 0.281 e. The maximum absolute atomic E-state index is 13.0. The number of fused-ring (bicyclic) bond motifs is 1. The van der Waals surface area contributed by atoms with Crippen LogP contribution < -0.4 is 10.5 Å². The van der Waals surface area contributed by atoms with E-state index in [2.05, 4.69) is 16.1 Å². The Balaban J connectivity index is 1.57. The summed E-state index contributed by atoms with van der Waals surface area (Å²) < 4.78 is 3.26. The minimum absolute atomic E-state index is 0.0569. The van der Waals surface area contributed by atoms with Gasteiger partial charge in [0.05, 0.1) is 17.3 Å². The van der Waals surface area contributed by atoms with Gasteiger partial charge in [-0.15, -0.1) is 0 Å². The highest BCUT2D eigenvalue weighted by Gasteiger charge is 2.26. The Morgan fingerprint density at radius 1 is 1.17 bits per heavy atom. The van der Waals surface area contributed by atoms with Crippen molar-refractivity contribution in [2.24, 2.45) is 7.05 Å². The summed E-state index contributed by atoms with van der Waals surface area (Å²) in [4.78, 5) is 34.4. The van der Waals surface area contributed by atoms with E-state index in [0.717, 1.165) is 5.69 Å². The molecule has 9 heteroatoms. The number of anilines is 1. The van der Waals surface area contributed by atoms with Crippen LogP contribution in [0.25, 0.3) is 11.0 Å². The second kappa shape index (κ2) is 7.63. The molecule has 2 aromatic heterocycles. The number of nitrogens with zero attached hydrogens (tertiary/aromatic N) is 7. The van der Waals surface area contributed by atoms with Crippen molar-refractivity contribution in [2.45, 2.75) is 20.4 Å². The van der Waals surface area contributed by atoms with Crippen LogP contribution in [-0.2, 0) is 13.6 Å². The average Bonchev–Trinajstić information content (AvgIpc) is 3.06. The first-order valence-electron chi connectivity index (χ1n) is 9.93. The number of carbonyl (C=O) groups is 1. The lowest BCUT2D eigenvalue weighted by atomic mass is 10.1. The smallest absolute Gasteiger partial charge is 0.281 e. The van der Waals surface area contributed by atoms with Crippen LogP contribution >= 0.6 is 0 Å². The number of piperazine rings is 1. The van der Waals surface area contributed by atoms with Crippen molar-refractivity contribution in [2.75, 3.05) is 31.1 Å². The summed E-state index contributed by atoms with van der Waals surface area (Å²) in [6.07, 6.45) is 0. The second-order valence-corrected chi connectivity index (χ2v) is 7.34. The molecule has 1 amide bonds. The normalized spacial score (nSPS) is 14.2. The molecule has 1 aliphatic heterocycles. The van der Waals surface area contributed by atoms with Crippen LogP contribution in [0.2, 0.25) is 0 Å². The topological polar surface area (TPSA) is 100 Å². The van der Waals surface area contributed by atoms with Crippen molar-refractivity contribution in [1.82, 2.24) is 24.2 Å². The summed E-state index contributed by atoms with van der Waals surface area (Å²) in [5.41, 5.74) is 2.85. The minimum atomic E-state index is -0.100. The number of aromatic nitrogens is 4. The molecule has 0 radical (unpaired) electrons. The average molecular weight is 405 g/mol. The fourth-order valence-corrected chi connectivity index (χ4v) is 3.91. The lowest BCUT2D eigenvalue weighted by molar-refractivity contribution is 0.0746. The van der Waals surface area contributed by atoms with Gasteiger partial charge in [-0.3, -0.25) is 18.8 Å². The highest BCUT2D eigenvalue weighted by molar-refractivity contribution is 5.94. The highest BCUT2D eigenvalue weighted by atomic mass is 16.2. The van der Waals surface area contributed by atoms with E-state index in [1.54, 1.807) is 45.5 Å². The zero-order valence-corrected chi connectivity index (χ0v) is 17.3. The van der Waals surface area contributed by atoms with Crippen molar-refractivity contribution in [3.8, 4) is 6.07 Å². The van der Waals surface area contributed by atoms with Gasteiger partial charge in [-0.25, -0.2) is 4.98 Å². The molecule has 1 fully saturated rings. The molecule has 154 valence electrons. The Labute approximate surface area is 173 Å². The monoisotopic (exact) mass is 405 g/mol. The summed E-state index contributed by atoms with van der Waals surface area (Å²) in [6, 6.07) is 8.73. The Morgan fingerprint density at radius 3 is 2.43 bits per heavy atom. The van der Waals surface area contributed by atoms with Gasteiger partial charge in [-0.2, -0.15) is 10.4 Å². The predicted molar refractivity (Wildman–Crippen MR) is 112 cm³/mol. The number of rotatable bonds is 3. The van der Waals surface area contributed by atoms with Gasteiger partial charge in [-0.1, -0.05) is 0 Å². The molecule has 0 aliphatic carbocycles. The number of amides is 1. The van der Waals surface area contributed by atoms with Crippen molar-refractivity contribution >= 4 is 22.9 Å². The van der Waals surface area contributed by atoms with Gasteiger partial charge >= 0.3 is 0 Å². The van der Waals surface area contributed by atoms with Gasteiger partial charge < -0.3 is 9.80 Å². The summed E-state index contributed by atoms with van der Waals surface area (Å²) in [5.74, 6) is 0.565. The van der Waals surface area contributed by atoms with Crippen molar-refractivity contribution in [1.29, 1.82) is 5.26 Å². The minimum Gasteiger partial charge on any atom is -0.339 e. The van der Waals surface area contributed by atoms with Gasteiger partial charge in [-0.05, 0) is 38.1 Å². The standard InChI is InChI=1S/C21H23N7O2/c1-4-28-20(30)18-17(14(2)24-25(18)3)23-21(28)27-11-9-26(10-12-27)19(29)16-7-5-15(13-22)6-8-16/h5-8H,4,9-12H2,1-3H3. The van der Waals surface area contributed by atoms with Crippen LogP contribution in [-0.4, -0.2) is 56.3 Å². The summed E-state index contributed by atoms with van der Waals surface area (Å²) in [5, 5.41) is 13.3. The third-order valence-corrected chi connectivity index (χ3v) is 5.52. The molecule has 1 aromatic carbocycles. The number of benzene rings is 1. The summed E-state index contributed by atoms with van der Waals surface area (Å²) in [6.45, 7) is 6.50. The van der Waals surface area contributed by atoms with Crippen LogP contribution in [0.4, 0.5) is 5.95 Å². The quantitative estimate of drug-likeness (QED) is 0.651. The molecular weight excluding hydrogens is 382 g/mol. The second-order valence-electron chi connectivity index (χ2n) is 7.34. The van der Waals surface area contributed by atoms with Gasteiger partial charge in [0.25, 0.3) is 11.5 Å². The first-order chi connectivity index (χ1) is 14.4. The molecule has 0 spiro atoms. The molecule has 0 bridgehead atoms. The molecule has 1 saturated heterocycles. The van der Waals surface area contributed by atoms with Crippen molar-refractivity contribution < 1.29 is 4.79 Å². The third kappa shape index (κ3) is 3.20. The van der Waals surface area contributed by atoms with Crippen LogP contribution in [0, 0.1) is 18.3 Å². The van der Waals surface area contributed by atoms with Gasteiger partial charge in [0.2, 0.25) is 5.95 Å². The Morgan fingerprint density at radius 2 is 1.83 bits per heavy atom. The predicted octanol–water partition coefficient (Wildman–Crippen LogP) is 1.29. The van der Waals surface area contributed by atoms with Crippen molar-refractivity contribution in [3.63, 3.8) is 0 Å². The Kier molecular flexibility index (Phi) is 4.99. The SMILES string of the molecule is CCn1c(N2CCN(C(=O)c3ccc(C#N)cc3)CC2)nc2c(C)nn(C)c2c1=O. The van der Waals surface area contributed by atoms with Crippen LogP contribution in [0.3, 0.4) is 0 Å². The van der Waals surface area contributed by atoms with E-state index in [0.29, 0.717) is 60.8 Å². The van der Waals surface area contributed by atoms with Crippen molar-refractivity contribution in [3.05, 3.63) is 51.4 Å². The summed E-state index contributed by atoms with van der Waals surface area (Å²) in [7, 11) is 1.76. The van der Waals surface area contributed by atoms with Crippen LogP contribution in [0.1, 0.15) is 28.5 Å². The van der Waals surface area contributed by atoms with E-state index in [4.69, 9.17) is 10.2 Å². The zero-order chi connectivity index (χ0) is 21.4. The maximum atomic E-state index is 13.0. The van der Waals surface area contributed by atoms with E-state index in [9.17, 15) is 9.59 Å². The van der Waals surface area contributed by atoms with Gasteiger partial charge in [0, 0.05) is 45.3 Å². The Bertz CT molecular complexity index is 1210. The molecule has 1 aliphatic rings. The highest BCUT2D eigenvalue weighted by Crippen LogP contribution is 2.19. The number of hydrogen-bond donors (Lipinski definition) is 0. The Hall–Kier alpha value is -3.67. The zero-order valence-electron chi connectivity index (χ0n) is 17.3. The largest absolute Gasteiger partial charge is 0.339 e. The first-order valence-corrected chi connectivity index (χ1v) is 9.93.